The molecule has 0 aliphatic heterocycles. The Hall–Kier alpha value is -2.16. The highest BCUT2D eigenvalue weighted by Gasteiger charge is 2.24. The molecule has 0 aliphatic rings. The first-order valence-corrected chi connectivity index (χ1v) is 8.39. The summed E-state index contributed by atoms with van der Waals surface area (Å²) in [6.45, 7) is 1.57. The number of nitro groups is 1. The number of anilines is 2. The van der Waals surface area contributed by atoms with Gasteiger partial charge in [0.1, 0.15) is 10.9 Å². The van der Waals surface area contributed by atoms with Crippen molar-refractivity contribution in [3.63, 3.8) is 0 Å². The van der Waals surface area contributed by atoms with Crippen LogP contribution in [-0.4, -0.2) is 20.0 Å². The summed E-state index contributed by atoms with van der Waals surface area (Å²) < 4.78 is 0.500. The van der Waals surface area contributed by atoms with Gasteiger partial charge in [0.15, 0.2) is 0 Å². The number of aryl methyl sites for hydroxylation is 1. The average molecular weight is 444 g/mol. The lowest BCUT2D eigenvalue weighted by atomic mass is 10.1. The van der Waals surface area contributed by atoms with Crippen LogP contribution in [-0.2, 0) is 0 Å². The summed E-state index contributed by atoms with van der Waals surface area (Å²) in [5.74, 6) is -0.439. The molecule has 3 rings (SSSR count). The van der Waals surface area contributed by atoms with E-state index in [1.165, 1.54) is 0 Å². The van der Waals surface area contributed by atoms with E-state index in [1.54, 1.807) is 31.2 Å². The van der Waals surface area contributed by atoms with Gasteiger partial charge in [0, 0.05) is 15.7 Å². The van der Waals surface area contributed by atoms with E-state index in [0.29, 0.717) is 25.8 Å². The summed E-state index contributed by atoms with van der Waals surface area (Å²) in [7, 11) is 0. The van der Waals surface area contributed by atoms with Crippen molar-refractivity contribution in [1.29, 1.82) is 0 Å². The molecule has 7 nitrogen and oxygen atoms in total. The van der Waals surface area contributed by atoms with Gasteiger partial charge in [-0.05, 0) is 47.1 Å². The van der Waals surface area contributed by atoms with Gasteiger partial charge in [-0.15, -0.1) is 0 Å². The van der Waals surface area contributed by atoms with Gasteiger partial charge in [-0.25, -0.2) is 4.98 Å². The van der Waals surface area contributed by atoms with E-state index in [9.17, 15) is 15.2 Å². The SMILES string of the molecule is Cc1cc(Br)c2nc(Nc3ccc(Cl)c(Cl)c3)nc(O)c2c1[N+](=O)[O-]. The second-order valence-electron chi connectivity index (χ2n) is 5.13. The number of aromatic hydroxyl groups is 1. The lowest BCUT2D eigenvalue weighted by Crippen LogP contribution is -2.01. The normalized spacial score (nSPS) is 10.9. The number of rotatable bonds is 3. The lowest BCUT2D eigenvalue weighted by Gasteiger charge is -2.10. The minimum atomic E-state index is -0.570. The third-order valence-electron chi connectivity index (χ3n) is 3.43. The fraction of sp³-hybridized carbons (Fsp3) is 0.0667. The standard InChI is InChI=1S/C15H9BrCl2N4O3/c1-6-4-8(16)12-11(13(6)22(24)25)14(23)21-15(20-12)19-7-2-3-9(17)10(18)5-7/h2-5H,1H3,(H2,19,20,21,23). The molecule has 1 heterocycles. The first-order valence-electron chi connectivity index (χ1n) is 6.84. The third kappa shape index (κ3) is 3.33. The van der Waals surface area contributed by atoms with E-state index in [2.05, 4.69) is 31.2 Å². The van der Waals surface area contributed by atoms with Crippen LogP contribution in [0, 0.1) is 17.0 Å². The van der Waals surface area contributed by atoms with E-state index >= 15 is 0 Å². The maximum Gasteiger partial charge on any atom is 0.287 e. The van der Waals surface area contributed by atoms with E-state index in [0.717, 1.165) is 0 Å². The van der Waals surface area contributed by atoms with Gasteiger partial charge in [-0.1, -0.05) is 23.2 Å². The molecule has 0 spiro atoms. The molecule has 0 saturated heterocycles. The first-order chi connectivity index (χ1) is 11.8. The van der Waals surface area contributed by atoms with Crippen LogP contribution in [0.4, 0.5) is 17.3 Å². The molecule has 0 bridgehead atoms. The van der Waals surface area contributed by atoms with Gasteiger partial charge < -0.3 is 10.4 Å². The Balaban J connectivity index is 2.16. The van der Waals surface area contributed by atoms with Crippen LogP contribution in [0.2, 0.25) is 10.0 Å². The largest absolute Gasteiger partial charge is 0.493 e. The molecule has 0 amide bonds. The molecule has 2 aromatic carbocycles. The number of aromatic nitrogens is 2. The number of nitrogens with one attached hydrogen (secondary N) is 1. The molecule has 0 fully saturated rings. The summed E-state index contributed by atoms with van der Waals surface area (Å²) in [5.41, 5.74) is 0.906. The summed E-state index contributed by atoms with van der Waals surface area (Å²) >= 11 is 15.1. The summed E-state index contributed by atoms with van der Waals surface area (Å²) in [6, 6.07) is 6.39. The van der Waals surface area contributed by atoms with Crippen LogP contribution >= 0.6 is 39.1 Å². The molecule has 0 aliphatic carbocycles. The van der Waals surface area contributed by atoms with E-state index in [1.807, 2.05) is 0 Å². The zero-order valence-electron chi connectivity index (χ0n) is 12.5. The number of benzene rings is 2. The summed E-state index contributed by atoms with van der Waals surface area (Å²) in [5, 5.41) is 25.1. The molecule has 2 N–H and O–H groups in total. The summed E-state index contributed by atoms with van der Waals surface area (Å²) in [6.07, 6.45) is 0. The monoisotopic (exact) mass is 442 g/mol. The molecule has 3 aromatic rings. The quantitative estimate of drug-likeness (QED) is 0.417. The molecule has 0 radical (unpaired) electrons. The molecule has 128 valence electrons. The van der Waals surface area contributed by atoms with Crippen molar-refractivity contribution in [1.82, 2.24) is 9.97 Å². The number of hydrogen-bond acceptors (Lipinski definition) is 6. The van der Waals surface area contributed by atoms with Crippen LogP contribution in [0.15, 0.2) is 28.7 Å². The Morgan fingerprint density at radius 3 is 2.60 bits per heavy atom. The fourth-order valence-electron chi connectivity index (χ4n) is 2.36. The Morgan fingerprint density at radius 1 is 1.24 bits per heavy atom. The summed E-state index contributed by atoms with van der Waals surface area (Å²) in [4.78, 5) is 18.9. The number of fused-ring (bicyclic) bond motifs is 1. The molecule has 10 heteroatoms. The van der Waals surface area contributed by atoms with Crippen LogP contribution in [0.3, 0.4) is 0 Å². The van der Waals surface area contributed by atoms with Crippen molar-refractivity contribution in [3.8, 4) is 5.88 Å². The number of hydrogen-bond donors (Lipinski definition) is 2. The topological polar surface area (TPSA) is 101 Å². The second-order valence-corrected chi connectivity index (χ2v) is 6.80. The number of nitrogens with zero attached hydrogens (tertiary/aromatic N) is 3. The maximum absolute atomic E-state index is 11.3. The molecular formula is C15H9BrCl2N4O3. The predicted octanol–water partition coefficient (Wildman–Crippen LogP) is 5.36. The van der Waals surface area contributed by atoms with E-state index in [-0.39, 0.29) is 22.5 Å². The lowest BCUT2D eigenvalue weighted by molar-refractivity contribution is -0.383. The van der Waals surface area contributed by atoms with Crippen molar-refractivity contribution in [2.24, 2.45) is 0 Å². The smallest absolute Gasteiger partial charge is 0.287 e. The van der Waals surface area contributed by atoms with Crippen molar-refractivity contribution >= 4 is 67.4 Å². The van der Waals surface area contributed by atoms with E-state index in [4.69, 9.17) is 23.2 Å². The Labute approximate surface area is 159 Å². The van der Waals surface area contributed by atoms with Gasteiger partial charge >= 0.3 is 0 Å². The molecule has 0 atom stereocenters. The second kappa shape index (κ2) is 6.62. The van der Waals surface area contributed by atoms with Gasteiger partial charge in [-0.2, -0.15) is 4.98 Å². The van der Waals surface area contributed by atoms with Gasteiger partial charge in [0.05, 0.1) is 15.0 Å². The van der Waals surface area contributed by atoms with Crippen LogP contribution in [0.25, 0.3) is 10.9 Å². The minimum Gasteiger partial charge on any atom is -0.493 e. The van der Waals surface area contributed by atoms with Crippen LogP contribution in [0.1, 0.15) is 5.56 Å². The highest BCUT2D eigenvalue weighted by Crippen LogP contribution is 2.39. The van der Waals surface area contributed by atoms with Crippen molar-refractivity contribution in [2.45, 2.75) is 6.92 Å². The molecule has 0 unspecified atom stereocenters. The number of nitro benzene ring substituents is 1. The van der Waals surface area contributed by atoms with Crippen molar-refractivity contribution < 1.29 is 10.0 Å². The molecule has 25 heavy (non-hydrogen) atoms. The van der Waals surface area contributed by atoms with Gasteiger partial charge in [0.2, 0.25) is 11.8 Å². The predicted molar refractivity (Wildman–Crippen MR) is 100 cm³/mol. The first kappa shape index (κ1) is 17.7. The van der Waals surface area contributed by atoms with Gasteiger partial charge in [-0.3, -0.25) is 10.1 Å². The van der Waals surface area contributed by atoms with Crippen molar-refractivity contribution in [2.75, 3.05) is 5.32 Å². The number of halogens is 3. The Kier molecular flexibility index (Phi) is 4.68. The zero-order chi connectivity index (χ0) is 18.3. The minimum absolute atomic E-state index is 0.0310. The van der Waals surface area contributed by atoms with Crippen LogP contribution in [0.5, 0.6) is 5.88 Å². The average Bonchev–Trinajstić information content (AvgIpc) is 2.52. The van der Waals surface area contributed by atoms with Gasteiger partial charge in [0.25, 0.3) is 5.69 Å². The Morgan fingerprint density at radius 2 is 1.96 bits per heavy atom. The molecule has 1 aromatic heterocycles. The maximum atomic E-state index is 11.3. The highest BCUT2D eigenvalue weighted by molar-refractivity contribution is 9.10. The van der Waals surface area contributed by atoms with Crippen molar-refractivity contribution in [3.05, 3.63) is 54.5 Å². The Bertz CT molecular complexity index is 1030. The zero-order valence-corrected chi connectivity index (χ0v) is 15.6. The van der Waals surface area contributed by atoms with E-state index < -0.39 is 10.8 Å². The van der Waals surface area contributed by atoms with Crippen LogP contribution < -0.4 is 5.32 Å². The highest BCUT2D eigenvalue weighted by atomic mass is 79.9. The fourth-order valence-corrected chi connectivity index (χ4v) is 3.29. The molecule has 0 saturated carbocycles. The molecular weight excluding hydrogens is 435 g/mol. The third-order valence-corrected chi connectivity index (χ3v) is 4.77.